The number of fused-ring (bicyclic) bond motifs is 3. The summed E-state index contributed by atoms with van der Waals surface area (Å²) in [4.78, 5) is 35.8. The van der Waals surface area contributed by atoms with Gasteiger partial charge in [0.25, 0.3) is 0 Å². The van der Waals surface area contributed by atoms with E-state index in [2.05, 4.69) is 5.32 Å². The number of hydrogen-bond donors (Lipinski definition) is 3. The SMILES string of the molecule is O=C(CC(NC(=O)OCC1c2ccccc2-c2ccccc21)C(F)(F)F)N[C@H]1CCC[C@H]1C(=O)O. The first-order valence-corrected chi connectivity index (χ1v) is 11.4. The third-order valence-corrected chi connectivity index (χ3v) is 6.60. The zero-order valence-electron chi connectivity index (χ0n) is 18.7. The van der Waals surface area contributed by atoms with Crippen LogP contribution in [0.15, 0.2) is 48.5 Å². The van der Waals surface area contributed by atoms with Crippen molar-refractivity contribution < 1.29 is 37.4 Å². The molecule has 0 aliphatic heterocycles. The summed E-state index contributed by atoms with van der Waals surface area (Å²) in [5.74, 6) is -3.24. The number of carbonyl (C=O) groups is 3. The maximum atomic E-state index is 13.6. The quantitative estimate of drug-likeness (QED) is 0.539. The van der Waals surface area contributed by atoms with Crippen molar-refractivity contribution in [2.75, 3.05) is 6.61 Å². The predicted molar refractivity (Wildman–Crippen MR) is 120 cm³/mol. The Bertz CT molecular complexity index is 1070. The van der Waals surface area contributed by atoms with E-state index >= 15 is 0 Å². The van der Waals surface area contributed by atoms with Gasteiger partial charge in [-0.2, -0.15) is 13.2 Å². The van der Waals surface area contributed by atoms with E-state index in [4.69, 9.17) is 4.74 Å². The van der Waals surface area contributed by atoms with Crippen LogP contribution in [0.1, 0.15) is 42.7 Å². The average molecular weight is 490 g/mol. The van der Waals surface area contributed by atoms with Gasteiger partial charge in [0.2, 0.25) is 5.91 Å². The topological polar surface area (TPSA) is 105 Å². The smallest absolute Gasteiger partial charge is 0.409 e. The lowest BCUT2D eigenvalue weighted by Gasteiger charge is -2.23. The molecule has 1 unspecified atom stereocenters. The van der Waals surface area contributed by atoms with Crippen LogP contribution in [0.5, 0.6) is 0 Å². The summed E-state index contributed by atoms with van der Waals surface area (Å²) in [6, 6.07) is 11.9. The maximum Gasteiger partial charge on any atom is 0.409 e. The summed E-state index contributed by atoms with van der Waals surface area (Å²) < 4.78 is 45.8. The first-order chi connectivity index (χ1) is 16.6. The molecule has 0 bridgehead atoms. The van der Waals surface area contributed by atoms with E-state index in [-0.39, 0.29) is 12.5 Å². The second kappa shape index (κ2) is 9.97. The van der Waals surface area contributed by atoms with Crippen LogP contribution in [0, 0.1) is 5.92 Å². The summed E-state index contributed by atoms with van der Waals surface area (Å²) in [6.45, 7) is -0.168. The Morgan fingerprint density at radius 2 is 1.60 bits per heavy atom. The Morgan fingerprint density at radius 1 is 1.00 bits per heavy atom. The van der Waals surface area contributed by atoms with Crippen LogP contribution in [0.2, 0.25) is 0 Å². The summed E-state index contributed by atoms with van der Waals surface area (Å²) in [7, 11) is 0. The second-order valence-corrected chi connectivity index (χ2v) is 8.82. The van der Waals surface area contributed by atoms with E-state index in [0.717, 1.165) is 22.3 Å². The molecule has 3 N–H and O–H groups in total. The number of hydrogen-bond acceptors (Lipinski definition) is 4. The predicted octanol–water partition coefficient (Wildman–Crippen LogP) is 4.22. The molecule has 0 saturated heterocycles. The Labute approximate surface area is 199 Å². The van der Waals surface area contributed by atoms with E-state index in [1.54, 1.807) is 5.32 Å². The summed E-state index contributed by atoms with van der Waals surface area (Å²) in [5, 5.41) is 13.3. The van der Waals surface area contributed by atoms with Gasteiger partial charge in [0, 0.05) is 12.0 Å². The molecular weight excluding hydrogens is 465 g/mol. The lowest BCUT2D eigenvalue weighted by Crippen LogP contribution is -2.50. The summed E-state index contributed by atoms with van der Waals surface area (Å²) >= 11 is 0. The number of benzene rings is 2. The number of aliphatic carboxylic acids is 1. The van der Waals surface area contributed by atoms with Crippen molar-refractivity contribution in [3.63, 3.8) is 0 Å². The van der Waals surface area contributed by atoms with Crippen molar-refractivity contribution in [1.29, 1.82) is 0 Å². The Kier molecular flexibility index (Phi) is 7.00. The summed E-state index contributed by atoms with van der Waals surface area (Å²) in [6.07, 6.45) is -5.98. The maximum absolute atomic E-state index is 13.6. The molecule has 186 valence electrons. The van der Waals surface area contributed by atoms with Crippen LogP contribution in [0.25, 0.3) is 11.1 Å². The van der Waals surface area contributed by atoms with E-state index < -0.39 is 48.6 Å². The van der Waals surface area contributed by atoms with Gasteiger partial charge in [-0.15, -0.1) is 0 Å². The lowest BCUT2D eigenvalue weighted by molar-refractivity contribution is -0.160. The number of carbonyl (C=O) groups excluding carboxylic acids is 2. The molecule has 35 heavy (non-hydrogen) atoms. The Balaban J connectivity index is 1.37. The van der Waals surface area contributed by atoms with Gasteiger partial charge in [-0.3, -0.25) is 9.59 Å². The molecular formula is C25H25F3N2O5. The number of ether oxygens (including phenoxy) is 1. The molecule has 3 atom stereocenters. The zero-order chi connectivity index (χ0) is 25.2. The highest BCUT2D eigenvalue weighted by atomic mass is 19.4. The first kappa shape index (κ1) is 24.6. The minimum absolute atomic E-state index is 0.168. The molecule has 0 heterocycles. The largest absolute Gasteiger partial charge is 0.481 e. The van der Waals surface area contributed by atoms with E-state index in [1.807, 2.05) is 48.5 Å². The first-order valence-electron chi connectivity index (χ1n) is 11.4. The molecule has 7 nitrogen and oxygen atoms in total. The molecule has 0 spiro atoms. The third-order valence-electron chi connectivity index (χ3n) is 6.60. The molecule has 2 aromatic carbocycles. The highest BCUT2D eigenvalue weighted by Gasteiger charge is 2.43. The Hall–Kier alpha value is -3.56. The van der Waals surface area contributed by atoms with Crippen LogP contribution in [0.3, 0.4) is 0 Å². The molecule has 2 amide bonds. The monoisotopic (exact) mass is 490 g/mol. The fourth-order valence-electron chi connectivity index (χ4n) is 4.91. The van der Waals surface area contributed by atoms with Crippen molar-refractivity contribution in [1.82, 2.24) is 10.6 Å². The van der Waals surface area contributed by atoms with E-state index in [9.17, 15) is 32.7 Å². The van der Waals surface area contributed by atoms with Crippen molar-refractivity contribution in [3.8, 4) is 11.1 Å². The zero-order valence-corrected chi connectivity index (χ0v) is 18.7. The number of carboxylic acids is 1. The molecule has 0 aromatic heterocycles. The van der Waals surface area contributed by atoms with Gasteiger partial charge in [-0.05, 0) is 35.1 Å². The van der Waals surface area contributed by atoms with Crippen molar-refractivity contribution in [3.05, 3.63) is 59.7 Å². The van der Waals surface area contributed by atoms with Gasteiger partial charge in [0.15, 0.2) is 0 Å². The van der Waals surface area contributed by atoms with Gasteiger partial charge >= 0.3 is 18.2 Å². The Morgan fingerprint density at radius 3 is 2.17 bits per heavy atom. The van der Waals surface area contributed by atoms with Crippen LogP contribution in [-0.2, 0) is 14.3 Å². The number of alkyl carbamates (subject to hydrolysis) is 1. The highest BCUT2D eigenvalue weighted by Crippen LogP contribution is 2.44. The van der Waals surface area contributed by atoms with Gasteiger partial charge in [-0.1, -0.05) is 55.0 Å². The number of halogens is 3. The normalized spacial score (nSPS) is 20.0. The lowest BCUT2D eigenvalue weighted by atomic mass is 9.98. The van der Waals surface area contributed by atoms with Crippen LogP contribution in [0.4, 0.5) is 18.0 Å². The van der Waals surface area contributed by atoms with Crippen LogP contribution >= 0.6 is 0 Å². The van der Waals surface area contributed by atoms with Gasteiger partial charge in [-0.25, -0.2) is 4.79 Å². The minimum Gasteiger partial charge on any atom is -0.481 e. The fraction of sp³-hybridized carbons (Fsp3) is 0.400. The van der Waals surface area contributed by atoms with Crippen molar-refractivity contribution in [2.24, 2.45) is 5.92 Å². The molecule has 0 radical (unpaired) electrons. The van der Waals surface area contributed by atoms with Gasteiger partial charge < -0.3 is 20.5 Å². The van der Waals surface area contributed by atoms with E-state index in [0.29, 0.717) is 19.3 Å². The number of alkyl halides is 3. The molecule has 2 aromatic rings. The third kappa shape index (κ3) is 5.41. The second-order valence-electron chi connectivity index (χ2n) is 8.82. The molecule has 2 aliphatic carbocycles. The number of nitrogens with one attached hydrogen (secondary N) is 2. The number of rotatable bonds is 7. The van der Waals surface area contributed by atoms with E-state index in [1.165, 1.54) is 0 Å². The van der Waals surface area contributed by atoms with Crippen LogP contribution in [-0.4, -0.2) is 47.9 Å². The van der Waals surface area contributed by atoms with Crippen molar-refractivity contribution in [2.45, 2.75) is 49.9 Å². The van der Waals surface area contributed by atoms with Crippen LogP contribution < -0.4 is 10.6 Å². The molecule has 10 heteroatoms. The minimum atomic E-state index is -4.90. The fourth-order valence-corrected chi connectivity index (χ4v) is 4.91. The molecule has 2 aliphatic rings. The number of carboxylic acid groups (broad SMARTS) is 1. The standard InChI is InChI=1S/C25H25F3N2O5/c26-25(27,28)21(12-22(31)29-20-11-5-10-18(20)23(32)33)30-24(34)35-13-19-16-8-3-1-6-14(16)15-7-2-4-9-17(15)19/h1-4,6-9,18-21H,5,10-13H2,(H,29,31)(H,30,34)(H,32,33)/t18-,20+,21?/m1/s1. The molecule has 1 fully saturated rings. The van der Waals surface area contributed by atoms with Crippen molar-refractivity contribution >= 4 is 18.0 Å². The van der Waals surface area contributed by atoms with Gasteiger partial charge in [0.1, 0.15) is 12.6 Å². The molecule has 4 rings (SSSR count). The average Bonchev–Trinajstić information content (AvgIpc) is 3.39. The highest BCUT2D eigenvalue weighted by molar-refractivity contribution is 5.80. The number of amides is 2. The summed E-state index contributed by atoms with van der Waals surface area (Å²) in [5.41, 5.74) is 3.79. The molecule has 1 saturated carbocycles. The van der Waals surface area contributed by atoms with Gasteiger partial charge in [0.05, 0.1) is 12.3 Å².